The Morgan fingerprint density at radius 1 is 1.27 bits per heavy atom. The summed E-state index contributed by atoms with van der Waals surface area (Å²) < 4.78 is 0. The highest BCUT2D eigenvalue weighted by molar-refractivity contribution is 4.93. The zero-order valence-corrected chi connectivity index (χ0v) is 10.3. The van der Waals surface area contributed by atoms with Crippen molar-refractivity contribution in [2.75, 3.05) is 19.6 Å². The Kier molecular flexibility index (Phi) is 3.36. The summed E-state index contributed by atoms with van der Waals surface area (Å²) in [5.74, 6) is 0.869. The first kappa shape index (κ1) is 11.4. The fourth-order valence-electron chi connectivity index (χ4n) is 3.18. The predicted octanol–water partition coefficient (Wildman–Crippen LogP) is 2.24. The Hall–Kier alpha value is -0.0800. The van der Waals surface area contributed by atoms with E-state index in [0.717, 1.165) is 18.5 Å². The van der Waals surface area contributed by atoms with E-state index >= 15 is 0 Å². The van der Waals surface area contributed by atoms with Gasteiger partial charge in [0.2, 0.25) is 0 Å². The van der Waals surface area contributed by atoms with Crippen molar-refractivity contribution >= 4 is 0 Å². The van der Waals surface area contributed by atoms with Crippen LogP contribution in [-0.4, -0.2) is 30.6 Å². The predicted molar refractivity (Wildman–Crippen MR) is 64.8 cm³/mol. The van der Waals surface area contributed by atoms with Gasteiger partial charge in [0.05, 0.1) is 0 Å². The van der Waals surface area contributed by atoms with Crippen molar-refractivity contribution in [1.29, 1.82) is 0 Å². The first-order valence-corrected chi connectivity index (χ1v) is 6.61. The third-order valence-corrected chi connectivity index (χ3v) is 4.89. The van der Waals surface area contributed by atoms with Gasteiger partial charge < -0.3 is 5.73 Å². The quantitative estimate of drug-likeness (QED) is 0.774. The molecule has 1 aliphatic heterocycles. The lowest BCUT2D eigenvalue weighted by Gasteiger charge is -2.48. The first-order valence-electron chi connectivity index (χ1n) is 6.61. The number of nitrogens with zero attached hydrogens (tertiary/aromatic N) is 1. The number of nitrogens with two attached hydrogens (primary N) is 1. The normalized spacial score (nSPS) is 36.2. The molecule has 0 radical (unpaired) electrons. The lowest BCUT2D eigenvalue weighted by molar-refractivity contribution is 0.0227. The van der Waals surface area contributed by atoms with Crippen molar-refractivity contribution in [3.05, 3.63) is 0 Å². The first-order chi connectivity index (χ1) is 7.17. The van der Waals surface area contributed by atoms with Crippen LogP contribution in [0.15, 0.2) is 0 Å². The highest BCUT2D eigenvalue weighted by Gasteiger charge is 2.39. The molecule has 0 spiro atoms. The van der Waals surface area contributed by atoms with Crippen LogP contribution in [-0.2, 0) is 0 Å². The number of piperidine rings is 1. The van der Waals surface area contributed by atoms with Crippen LogP contribution in [0.2, 0.25) is 0 Å². The molecular weight excluding hydrogens is 184 g/mol. The standard InChI is InChI=1S/C13H26N2/c1-11-5-3-8-15(12(11)2)10-13(9-14)6-4-7-13/h11-12H,3-10,14H2,1-2H3. The van der Waals surface area contributed by atoms with Crippen molar-refractivity contribution in [3.8, 4) is 0 Å². The molecule has 2 heteroatoms. The molecule has 0 aromatic rings. The molecule has 0 bridgehead atoms. The summed E-state index contributed by atoms with van der Waals surface area (Å²) in [4.78, 5) is 2.69. The van der Waals surface area contributed by atoms with Gasteiger partial charge in [0, 0.05) is 12.6 Å². The minimum atomic E-state index is 0.491. The number of hydrogen-bond donors (Lipinski definition) is 1. The molecule has 2 nitrogen and oxygen atoms in total. The zero-order valence-electron chi connectivity index (χ0n) is 10.3. The van der Waals surface area contributed by atoms with Crippen molar-refractivity contribution in [2.45, 2.75) is 52.0 Å². The second kappa shape index (κ2) is 4.42. The molecule has 0 aromatic heterocycles. The Morgan fingerprint density at radius 2 is 2.00 bits per heavy atom. The van der Waals surface area contributed by atoms with Crippen LogP contribution >= 0.6 is 0 Å². The van der Waals surface area contributed by atoms with E-state index in [1.807, 2.05) is 0 Å². The molecule has 2 fully saturated rings. The molecule has 88 valence electrons. The van der Waals surface area contributed by atoms with Crippen molar-refractivity contribution in [2.24, 2.45) is 17.1 Å². The fraction of sp³-hybridized carbons (Fsp3) is 1.00. The maximum Gasteiger partial charge on any atom is 0.00928 e. The Labute approximate surface area is 94.2 Å². The van der Waals surface area contributed by atoms with Crippen molar-refractivity contribution in [1.82, 2.24) is 4.90 Å². The van der Waals surface area contributed by atoms with Crippen molar-refractivity contribution in [3.63, 3.8) is 0 Å². The SMILES string of the molecule is CC1CCCN(CC2(CN)CCC2)C1C. The van der Waals surface area contributed by atoms with Crippen LogP contribution in [0.1, 0.15) is 46.0 Å². The average molecular weight is 210 g/mol. The summed E-state index contributed by atoms with van der Waals surface area (Å²) >= 11 is 0. The van der Waals surface area contributed by atoms with Crippen LogP contribution < -0.4 is 5.73 Å². The van der Waals surface area contributed by atoms with Crippen LogP contribution in [0.5, 0.6) is 0 Å². The topological polar surface area (TPSA) is 29.3 Å². The number of likely N-dealkylation sites (tertiary alicyclic amines) is 1. The van der Waals surface area contributed by atoms with E-state index in [1.165, 1.54) is 45.2 Å². The molecule has 2 rings (SSSR count). The Morgan fingerprint density at radius 3 is 2.53 bits per heavy atom. The molecule has 2 unspecified atom stereocenters. The van der Waals surface area contributed by atoms with Gasteiger partial charge >= 0.3 is 0 Å². The van der Waals surface area contributed by atoms with E-state index < -0.39 is 0 Å². The van der Waals surface area contributed by atoms with Gasteiger partial charge in [-0.15, -0.1) is 0 Å². The van der Waals surface area contributed by atoms with E-state index in [0.29, 0.717) is 5.41 Å². The van der Waals surface area contributed by atoms with Crippen LogP contribution in [0, 0.1) is 11.3 Å². The molecule has 15 heavy (non-hydrogen) atoms. The molecule has 1 saturated carbocycles. The second-order valence-corrected chi connectivity index (χ2v) is 5.89. The highest BCUT2D eigenvalue weighted by atomic mass is 15.2. The smallest absolute Gasteiger partial charge is 0.00928 e. The van der Waals surface area contributed by atoms with Gasteiger partial charge in [-0.1, -0.05) is 13.3 Å². The Balaban J connectivity index is 1.92. The third-order valence-electron chi connectivity index (χ3n) is 4.89. The Bertz CT molecular complexity index is 205. The number of hydrogen-bond acceptors (Lipinski definition) is 2. The summed E-state index contributed by atoms with van der Waals surface area (Å²) in [7, 11) is 0. The molecule has 0 aromatic carbocycles. The summed E-state index contributed by atoms with van der Waals surface area (Å²) in [5, 5.41) is 0. The lowest BCUT2D eigenvalue weighted by atomic mass is 9.68. The van der Waals surface area contributed by atoms with E-state index in [-0.39, 0.29) is 0 Å². The summed E-state index contributed by atoms with van der Waals surface area (Å²) in [5.41, 5.74) is 6.43. The van der Waals surface area contributed by atoms with Crippen LogP contribution in [0.3, 0.4) is 0 Å². The van der Waals surface area contributed by atoms with Gasteiger partial charge in [-0.05, 0) is 57.0 Å². The summed E-state index contributed by atoms with van der Waals surface area (Å²) in [6.45, 7) is 8.24. The minimum absolute atomic E-state index is 0.491. The summed E-state index contributed by atoms with van der Waals surface area (Å²) in [6.07, 6.45) is 6.91. The third kappa shape index (κ3) is 2.21. The molecular formula is C13H26N2. The van der Waals surface area contributed by atoms with Gasteiger partial charge in [-0.2, -0.15) is 0 Å². The van der Waals surface area contributed by atoms with E-state index in [9.17, 15) is 0 Å². The monoisotopic (exact) mass is 210 g/mol. The lowest BCUT2D eigenvalue weighted by Crippen LogP contribution is -2.52. The molecule has 2 atom stereocenters. The van der Waals surface area contributed by atoms with E-state index in [2.05, 4.69) is 18.7 Å². The molecule has 0 amide bonds. The maximum atomic E-state index is 5.94. The van der Waals surface area contributed by atoms with E-state index in [4.69, 9.17) is 5.73 Å². The molecule has 2 aliphatic rings. The minimum Gasteiger partial charge on any atom is -0.330 e. The summed E-state index contributed by atoms with van der Waals surface area (Å²) in [6, 6.07) is 0.766. The van der Waals surface area contributed by atoms with Crippen LogP contribution in [0.4, 0.5) is 0 Å². The second-order valence-electron chi connectivity index (χ2n) is 5.89. The van der Waals surface area contributed by atoms with E-state index in [1.54, 1.807) is 0 Å². The average Bonchev–Trinajstić information content (AvgIpc) is 2.18. The van der Waals surface area contributed by atoms with Crippen LogP contribution in [0.25, 0.3) is 0 Å². The molecule has 1 aliphatic carbocycles. The van der Waals surface area contributed by atoms with Gasteiger partial charge in [-0.25, -0.2) is 0 Å². The van der Waals surface area contributed by atoms with Gasteiger partial charge in [0.1, 0.15) is 0 Å². The maximum absolute atomic E-state index is 5.94. The van der Waals surface area contributed by atoms with Gasteiger partial charge in [0.15, 0.2) is 0 Å². The molecule has 2 N–H and O–H groups in total. The number of rotatable bonds is 3. The molecule has 1 saturated heterocycles. The van der Waals surface area contributed by atoms with Gasteiger partial charge in [0.25, 0.3) is 0 Å². The van der Waals surface area contributed by atoms with Gasteiger partial charge in [-0.3, -0.25) is 4.90 Å². The fourth-order valence-corrected chi connectivity index (χ4v) is 3.18. The highest BCUT2D eigenvalue weighted by Crippen LogP contribution is 2.41. The zero-order chi connectivity index (χ0) is 10.9. The molecule has 1 heterocycles. The van der Waals surface area contributed by atoms with Crippen molar-refractivity contribution < 1.29 is 0 Å². The largest absolute Gasteiger partial charge is 0.330 e.